The number of carboxylic acid groups (broad SMARTS) is 1. The predicted molar refractivity (Wildman–Crippen MR) is 59.1 cm³/mol. The average molecular weight is 223 g/mol. The first-order valence-corrected chi connectivity index (χ1v) is 5.43. The monoisotopic (exact) mass is 223 g/mol. The van der Waals surface area contributed by atoms with Gasteiger partial charge in [0.05, 0.1) is 11.6 Å². The highest BCUT2D eigenvalue weighted by Gasteiger charge is 2.32. The SMILES string of the molecule is Cc1nn(C)c(C)c1CN1CC(C(=O)O)C1. The molecular weight excluding hydrogens is 206 g/mol. The Morgan fingerprint density at radius 1 is 1.50 bits per heavy atom. The molecule has 5 heteroatoms. The van der Waals surface area contributed by atoms with Crippen LogP contribution < -0.4 is 0 Å². The number of hydrogen-bond donors (Lipinski definition) is 1. The van der Waals surface area contributed by atoms with Crippen LogP contribution in [0.3, 0.4) is 0 Å². The van der Waals surface area contributed by atoms with Crippen molar-refractivity contribution in [2.75, 3.05) is 13.1 Å². The molecule has 1 N–H and O–H groups in total. The highest BCUT2D eigenvalue weighted by atomic mass is 16.4. The molecule has 0 amide bonds. The Morgan fingerprint density at radius 3 is 2.56 bits per heavy atom. The Kier molecular flexibility index (Phi) is 2.71. The second-order valence-corrected chi connectivity index (χ2v) is 4.50. The molecule has 0 aromatic carbocycles. The Labute approximate surface area is 94.7 Å². The Morgan fingerprint density at radius 2 is 2.12 bits per heavy atom. The molecule has 0 bridgehead atoms. The first-order valence-electron chi connectivity index (χ1n) is 5.43. The van der Waals surface area contributed by atoms with Gasteiger partial charge in [-0.15, -0.1) is 0 Å². The summed E-state index contributed by atoms with van der Waals surface area (Å²) in [4.78, 5) is 12.8. The molecule has 1 aliphatic heterocycles. The minimum absolute atomic E-state index is 0.183. The smallest absolute Gasteiger partial charge is 0.309 e. The van der Waals surface area contributed by atoms with Crippen molar-refractivity contribution in [1.82, 2.24) is 14.7 Å². The maximum absolute atomic E-state index is 10.7. The fraction of sp³-hybridized carbons (Fsp3) is 0.636. The maximum atomic E-state index is 10.7. The van der Waals surface area contributed by atoms with Crippen LogP contribution >= 0.6 is 0 Å². The van der Waals surface area contributed by atoms with Crippen molar-refractivity contribution in [3.05, 3.63) is 17.0 Å². The van der Waals surface area contributed by atoms with E-state index in [1.807, 2.05) is 25.6 Å². The van der Waals surface area contributed by atoms with E-state index in [2.05, 4.69) is 10.00 Å². The fourth-order valence-corrected chi connectivity index (χ4v) is 2.13. The van der Waals surface area contributed by atoms with Crippen LogP contribution in [0.5, 0.6) is 0 Å². The summed E-state index contributed by atoms with van der Waals surface area (Å²) in [5.41, 5.74) is 3.43. The van der Waals surface area contributed by atoms with E-state index >= 15 is 0 Å². The lowest BCUT2D eigenvalue weighted by Crippen LogP contribution is -2.49. The quantitative estimate of drug-likeness (QED) is 0.813. The summed E-state index contributed by atoms with van der Waals surface area (Å²) in [7, 11) is 1.93. The molecule has 2 heterocycles. The summed E-state index contributed by atoms with van der Waals surface area (Å²) in [6.07, 6.45) is 0. The molecular formula is C11H17N3O2. The number of likely N-dealkylation sites (tertiary alicyclic amines) is 1. The van der Waals surface area contributed by atoms with Gasteiger partial charge in [-0.1, -0.05) is 0 Å². The van der Waals surface area contributed by atoms with Crippen LogP contribution in [0, 0.1) is 19.8 Å². The number of carbonyl (C=O) groups is 1. The zero-order valence-corrected chi connectivity index (χ0v) is 9.90. The van der Waals surface area contributed by atoms with Crippen molar-refractivity contribution in [3.8, 4) is 0 Å². The van der Waals surface area contributed by atoms with Crippen LogP contribution in [0.4, 0.5) is 0 Å². The number of aryl methyl sites for hydroxylation is 2. The second-order valence-electron chi connectivity index (χ2n) is 4.50. The number of aromatic nitrogens is 2. The molecule has 88 valence electrons. The third kappa shape index (κ3) is 1.82. The van der Waals surface area contributed by atoms with Gasteiger partial charge in [0.25, 0.3) is 0 Å². The molecule has 0 aliphatic carbocycles. The van der Waals surface area contributed by atoms with E-state index in [1.54, 1.807) is 0 Å². The van der Waals surface area contributed by atoms with Gasteiger partial charge < -0.3 is 5.11 Å². The first kappa shape index (κ1) is 11.1. The lowest BCUT2D eigenvalue weighted by molar-refractivity contribution is -0.147. The summed E-state index contributed by atoms with van der Waals surface area (Å²) >= 11 is 0. The average Bonchev–Trinajstić information content (AvgIpc) is 2.35. The van der Waals surface area contributed by atoms with Gasteiger partial charge >= 0.3 is 5.97 Å². The van der Waals surface area contributed by atoms with Gasteiger partial charge in [-0.25, -0.2) is 0 Å². The number of nitrogens with zero attached hydrogens (tertiary/aromatic N) is 3. The number of carboxylic acids is 1. The number of hydrogen-bond acceptors (Lipinski definition) is 3. The molecule has 1 aromatic rings. The van der Waals surface area contributed by atoms with Gasteiger partial charge in [-0.05, 0) is 13.8 Å². The predicted octanol–water partition coefficient (Wildman–Crippen LogP) is 0.553. The van der Waals surface area contributed by atoms with Crippen molar-refractivity contribution < 1.29 is 9.90 Å². The van der Waals surface area contributed by atoms with Crippen molar-refractivity contribution in [3.63, 3.8) is 0 Å². The Hall–Kier alpha value is -1.36. The lowest BCUT2D eigenvalue weighted by atomic mass is 9.99. The van der Waals surface area contributed by atoms with Crippen LogP contribution in [0.2, 0.25) is 0 Å². The van der Waals surface area contributed by atoms with Gasteiger partial charge in [0.15, 0.2) is 0 Å². The van der Waals surface area contributed by atoms with Crippen molar-refractivity contribution in [1.29, 1.82) is 0 Å². The first-order chi connectivity index (χ1) is 7.49. The highest BCUT2D eigenvalue weighted by Crippen LogP contribution is 2.21. The van der Waals surface area contributed by atoms with E-state index in [1.165, 1.54) is 5.56 Å². The molecule has 1 aromatic heterocycles. The third-order valence-electron chi connectivity index (χ3n) is 3.35. The van der Waals surface area contributed by atoms with E-state index in [0.29, 0.717) is 13.1 Å². The standard InChI is InChI=1S/C11H17N3O2/c1-7-10(8(2)13(3)12-7)6-14-4-9(5-14)11(15)16/h9H,4-6H2,1-3H3,(H,15,16). The molecule has 1 fully saturated rings. The van der Waals surface area contributed by atoms with Crippen LogP contribution in [0.25, 0.3) is 0 Å². The highest BCUT2D eigenvalue weighted by molar-refractivity contribution is 5.71. The summed E-state index contributed by atoms with van der Waals surface area (Å²) in [6, 6.07) is 0. The lowest BCUT2D eigenvalue weighted by Gasteiger charge is -2.36. The molecule has 1 aliphatic rings. The van der Waals surface area contributed by atoms with Crippen molar-refractivity contribution in [2.45, 2.75) is 20.4 Å². The Balaban J connectivity index is 1.99. The molecule has 16 heavy (non-hydrogen) atoms. The molecule has 0 saturated carbocycles. The Bertz CT molecular complexity index is 419. The number of aliphatic carboxylic acids is 1. The minimum atomic E-state index is -0.684. The van der Waals surface area contributed by atoms with Gasteiger partial charge in [0.1, 0.15) is 0 Å². The zero-order valence-electron chi connectivity index (χ0n) is 9.90. The van der Waals surface area contributed by atoms with E-state index in [9.17, 15) is 4.79 Å². The van der Waals surface area contributed by atoms with E-state index < -0.39 is 5.97 Å². The summed E-state index contributed by atoms with van der Waals surface area (Å²) in [5.74, 6) is -0.867. The molecule has 0 radical (unpaired) electrons. The third-order valence-corrected chi connectivity index (χ3v) is 3.35. The molecule has 0 atom stereocenters. The maximum Gasteiger partial charge on any atom is 0.309 e. The van der Waals surface area contributed by atoms with Gasteiger partial charge in [-0.2, -0.15) is 5.10 Å². The van der Waals surface area contributed by atoms with E-state index in [4.69, 9.17) is 5.11 Å². The van der Waals surface area contributed by atoms with Gasteiger partial charge in [-0.3, -0.25) is 14.4 Å². The molecule has 5 nitrogen and oxygen atoms in total. The van der Waals surface area contributed by atoms with Crippen molar-refractivity contribution >= 4 is 5.97 Å². The van der Waals surface area contributed by atoms with Gasteiger partial charge in [0, 0.05) is 37.9 Å². The molecule has 2 rings (SSSR count). The van der Waals surface area contributed by atoms with Crippen LogP contribution in [0.1, 0.15) is 17.0 Å². The largest absolute Gasteiger partial charge is 0.481 e. The van der Waals surface area contributed by atoms with Crippen LogP contribution in [-0.2, 0) is 18.4 Å². The summed E-state index contributed by atoms with van der Waals surface area (Å²) in [6.45, 7) is 6.17. The second kappa shape index (κ2) is 3.90. The summed E-state index contributed by atoms with van der Waals surface area (Å²) < 4.78 is 1.87. The number of rotatable bonds is 3. The van der Waals surface area contributed by atoms with Crippen LogP contribution in [0.15, 0.2) is 0 Å². The van der Waals surface area contributed by atoms with Gasteiger partial charge in [0.2, 0.25) is 0 Å². The fourth-order valence-electron chi connectivity index (χ4n) is 2.13. The van der Waals surface area contributed by atoms with Crippen LogP contribution in [-0.4, -0.2) is 38.8 Å². The topological polar surface area (TPSA) is 58.4 Å². The molecule has 0 unspecified atom stereocenters. The zero-order chi connectivity index (χ0) is 11.9. The van der Waals surface area contributed by atoms with Crippen molar-refractivity contribution in [2.24, 2.45) is 13.0 Å². The van der Waals surface area contributed by atoms with E-state index in [-0.39, 0.29) is 5.92 Å². The molecule has 0 spiro atoms. The minimum Gasteiger partial charge on any atom is -0.481 e. The molecule has 1 saturated heterocycles. The van der Waals surface area contributed by atoms with E-state index in [0.717, 1.165) is 17.9 Å². The summed E-state index contributed by atoms with van der Waals surface area (Å²) in [5, 5.41) is 13.1. The normalized spacial score (nSPS) is 17.4.